The van der Waals surface area contributed by atoms with Crippen LogP contribution in [0.5, 0.6) is 5.88 Å². The van der Waals surface area contributed by atoms with E-state index in [0.29, 0.717) is 0 Å². The zero-order chi connectivity index (χ0) is 15.8. The van der Waals surface area contributed by atoms with Crippen LogP contribution in [-0.4, -0.2) is 27.7 Å². The summed E-state index contributed by atoms with van der Waals surface area (Å²) in [4.78, 5) is 28.6. The summed E-state index contributed by atoms with van der Waals surface area (Å²) in [5, 5.41) is 11.8. The number of aromatic amines is 1. The number of amides is 1. The molecule has 1 aromatic heterocycles. The van der Waals surface area contributed by atoms with Crippen molar-refractivity contribution in [2.75, 3.05) is 6.54 Å². The topological polar surface area (TPSA) is 104 Å². The van der Waals surface area contributed by atoms with E-state index in [9.17, 15) is 14.7 Å². The van der Waals surface area contributed by atoms with E-state index in [1.165, 1.54) is 0 Å². The third-order valence-electron chi connectivity index (χ3n) is 2.58. The van der Waals surface area contributed by atoms with Crippen molar-refractivity contribution in [3.8, 4) is 17.7 Å². The Morgan fingerprint density at radius 2 is 2.14 bits per heavy atom. The van der Waals surface area contributed by atoms with E-state index in [4.69, 9.17) is 4.74 Å². The predicted molar refractivity (Wildman–Crippen MR) is 78.0 cm³/mol. The number of benzene rings is 1. The molecule has 0 saturated heterocycles. The van der Waals surface area contributed by atoms with E-state index in [1.807, 2.05) is 30.3 Å². The molecule has 2 aromatic rings. The van der Waals surface area contributed by atoms with Crippen LogP contribution in [0.3, 0.4) is 0 Å². The Balaban J connectivity index is 1.81. The van der Waals surface area contributed by atoms with Gasteiger partial charge in [-0.2, -0.15) is 0 Å². The van der Waals surface area contributed by atoms with Crippen LogP contribution in [-0.2, 0) is 11.3 Å². The van der Waals surface area contributed by atoms with E-state index in [0.717, 1.165) is 11.9 Å². The molecule has 0 saturated carbocycles. The van der Waals surface area contributed by atoms with Gasteiger partial charge in [-0.15, -0.1) is 0 Å². The summed E-state index contributed by atoms with van der Waals surface area (Å²) in [6, 6.07) is 9.24. The number of aromatic nitrogens is 2. The number of ether oxygens (including phenoxy) is 1. The maximum Gasteiger partial charge on any atom is 0.408 e. The molecule has 0 radical (unpaired) electrons. The molecule has 0 bridgehead atoms. The third-order valence-corrected chi connectivity index (χ3v) is 2.58. The van der Waals surface area contributed by atoms with Crippen molar-refractivity contribution in [3.63, 3.8) is 0 Å². The minimum absolute atomic E-state index is 0.0264. The Labute approximate surface area is 126 Å². The molecular weight excluding hydrogens is 286 g/mol. The summed E-state index contributed by atoms with van der Waals surface area (Å²) in [6.45, 7) is 0.130. The molecule has 3 N–H and O–H groups in total. The van der Waals surface area contributed by atoms with Crippen molar-refractivity contribution in [2.24, 2.45) is 0 Å². The van der Waals surface area contributed by atoms with Gasteiger partial charge in [0.2, 0.25) is 5.88 Å². The molecule has 2 rings (SSSR count). The average molecular weight is 299 g/mol. The van der Waals surface area contributed by atoms with Crippen LogP contribution in [0.4, 0.5) is 4.79 Å². The monoisotopic (exact) mass is 299 g/mol. The highest BCUT2D eigenvalue weighted by molar-refractivity contribution is 5.67. The number of alkyl carbamates (subject to hydrolysis) is 1. The number of hydrogen-bond acceptors (Lipinski definition) is 5. The lowest BCUT2D eigenvalue weighted by Gasteiger charge is -2.04. The van der Waals surface area contributed by atoms with Crippen molar-refractivity contribution in [3.05, 3.63) is 58.1 Å². The van der Waals surface area contributed by atoms with Gasteiger partial charge in [0.1, 0.15) is 6.61 Å². The van der Waals surface area contributed by atoms with Crippen LogP contribution in [0.2, 0.25) is 0 Å². The second-order valence-corrected chi connectivity index (χ2v) is 4.15. The normalized spacial score (nSPS) is 9.45. The molecule has 0 fully saturated rings. The number of carbonyl (C=O) groups excluding carboxylic acids is 1. The average Bonchev–Trinajstić information content (AvgIpc) is 2.53. The molecule has 0 aliphatic rings. The standard InChI is InChI=1S/C15H13N3O4/c19-13-12(14(20)18-10-17-13)7-4-8-16-15(21)22-9-11-5-2-1-3-6-11/h1-3,5-6,10H,8-9H2,(H,16,21)(H2,17,18,19,20). The molecule has 1 aromatic carbocycles. The largest absolute Gasteiger partial charge is 0.492 e. The predicted octanol–water partition coefficient (Wildman–Crippen LogP) is 0.753. The number of hydrogen-bond donors (Lipinski definition) is 3. The van der Waals surface area contributed by atoms with Crippen LogP contribution < -0.4 is 10.9 Å². The number of nitrogens with zero attached hydrogens (tertiary/aromatic N) is 1. The molecule has 7 nitrogen and oxygen atoms in total. The zero-order valence-electron chi connectivity index (χ0n) is 11.5. The first-order valence-electron chi connectivity index (χ1n) is 6.37. The fraction of sp³-hybridized carbons (Fsp3) is 0.133. The fourth-order valence-electron chi connectivity index (χ4n) is 1.53. The summed E-state index contributed by atoms with van der Waals surface area (Å²) < 4.78 is 4.98. The summed E-state index contributed by atoms with van der Waals surface area (Å²) in [7, 11) is 0. The first kappa shape index (κ1) is 15.1. The van der Waals surface area contributed by atoms with Gasteiger partial charge in [0.25, 0.3) is 5.56 Å². The van der Waals surface area contributed by atoms with Gasteiger partial charge in [0, 0.05) is 0 Å². The Morgan fingerprint density at radius 3 is 2.86 bits per heavy atom. The zero-order valence-corrected chi connectivity index (χ0v) is 11.5. The molecule has 0 aliphatic heterocycles. The Kier molecular flexibility index (Phi) is 5.15. The molecule has 0 aliphatic carbocycles. The number of H-pyrrole nitrogens is 1. The lowest BCUT2D eigenvalue weighted by molar-refractivity contribution is 0.141. The number of nitrogens with one attached hydrogen (secondary N) is 2. The first-order chi connectivity index (χ1) is 10.7. The highest BCUT2D eigenvalue weighted by Crippen LogP contribution is 2.03. The molecule has 7 heteroatoms. The van der Waals surface area contributed by atoms with Crippen molar-refractivity contribution in [1.29, 1.82) is 0 Å². The Bertz CT molecular complexity index is 760. The van der Waals surface area contributed by atoms with E-state index >= 15 is 0 Å². The minimum atomic E-state index is -0.623. The van der Waals surface area contributed by atoms with Gasteiger partial charge in [0.15, 0.2) is 5.56 Å². The first-order valence-corrected chi connectivity index (χ1v) is 6.37. The number of aromatic hydroxyl groups is 1. The van der Waals surface area contributed by atoms with Gasteiger partial charge in [-0.25, -0.2) is 9.78 Å². The van der Waals surface area contributed by atoms with Crippen molar-refractivity contribution in [2.45, 2.75) is 6.61 Å². The van der Waals surface area contributed by atoms with Crippen molar-refractivity contribution in [1.82, 2.24) is 15.3 Å². The van der Waals surface area contributed by atoms with E-state index < -0.39 is 17.5 Å². The summed E-state index contributed by atoms with van der Waals surface area (Å²) in [6.07, 6.45) is 0.449. The second kappa shape index (κ2) is 7.50. The van der Waals surface area contributed by atoms with Crippen LogP contribution in [0, 0.1) is 11.8 Å². The summed E-state index contributed by atoms with van der Waals surface area (Å²) >= 11 is 0. The smallest absolute Gasteiger partial charge is 0.408 e. The lowest BCUT2D eigenvalue weighted by atomic mass is 10.2. The fourth-order valence-corrected chi connectivity index (χ4v) is 1.53. The maximum absolute atomic E-state index is 11.4. The second-order valence-electron chi connectivity index (χ2n) is 4.15. The minimum Gasteiger partial charge on any atom is -0.492 e. The van der Waals surface area contributed by atoms with E-state index in [-0.39, 0.29) is 18.7 Å². The Hall–Kier alpha value is -3.27. The molecule has 22 heavy (non-hydrogen) atoms. The molecule has 0 atom stereocenters. The molecule has 1 heterocycles. The van der Waals surface area contributed by atoms with Gasteiger partial charge in [-0.3, -0.25) is 4.79 Å². The number of rotatable bonds is 3. The van der Waals surface area contributed by atoms with Crippen LogP contribution in [0.25, 0.3) is 0 Å². The van der Waals surface area contributed by atoms with E-state index in [1.54, 1.807) is 0 Å². The van der Waals surface area contributed by atoms with Crippen molar-refractivity contribution < 1.29 is 14.6 Å². The van der Waals surface area contributed by atoms with Crippen LogP contribution in [0.1, 0.15) is 11.1 Å². The number of carbonyl (C=O) groups is 1. The summed E-state index contributed by atoms with van der Waals surface area (Å²) in [5.74, 6) is 4.51. The molecule has 1 amide bonds. The van der Waals surface area contributed by atoms with E-state index in [2.05, 4.69) is 27.1 Å². The van der Waals surface area contributed by atoms with Crippen LogP contribution in [0.15, 0.2) is 41.5 Å². The molecule has 112 valence electrons. The highest BCUT2D eigenvalue weighted by atomic mass is 16.5. The van der Waals surface area contributed by atoms with Gasteiger partial charge in [-0.05, 0) is 5.56 Å². The molecular formula is C15H13N3O4. The van der Waals surface area contributed by atoms with Gasteiger partial charge in [-0.1, -0.05) is 42.2 Å². The highest BCUT2D eigenvalue weighted by Gasteiger charge is 2.03. The molecule has 0 unspecified atom stereocenters. The Morgan fingerprint density at radius 1 is 1.36 bits per heavy atom. The lowest BCUT2D eigenvalue weighted by Crippen LogP contribution is -2.24. The van der Waals surface area contributed by atoms with Crippen LogP contribution >= 0.6 is 0 Å². The molecule has 0 spiro atoms. The van der Waals surface area contributed by atoms with Gasteiger partial charge in [0.05, 0.1) is 12.9 Å². The third kappa shape index (κ3) is 4.38. The maximum atomic E-state index is 11.4. The van der Waals surface area contributed by atoms with Gasteiger partial charge >= 0.3 is 6.09 Å². The van der Waals surface area contributed by atoms with Gasteiger partial charge < -0.3 is 20.1 Å². The van der Waals surface area contributed by atoms with Crippen molar-refractivity contribution >= 4 is 6.09 Å². The SMILES string of the molecule is O=C(NCC#Cc1c(O)nc[nH]c1=O)OCc1ccccc1. The quantitative estimate of drug-likeness (QED) is 0.726. The summed E-state index contributed by atoms with van der Waals surface area (Å²) in [5.41, 5.74) is 0.171.